The van der Waals surface area contributed by atoms with Gasteiger partial charge >= 0.3 is 0 Å². The average Bonchev–Trinajstić information content (AvgIpc) is 2.88. The smallest absolute Gasteiger partial charge is 0.295 e. The third-order valence-corrected chi connectivity index (χ3v) is 5.49. The first kappa shape index (κ1) is 21.8. The molecule has 7 nitrogen and oxygen atoms in total. The van der Waals surface area contributed by atoms with E-state index in [0.717, 1.165) is 5.69 Å². The first-order chi connectivity index (χ1) is 13.2. The maximum atomic E-state index is 12.8. The van der Waals surface area contributed by atoms with Crippen LogP contribution in [-0.2, 0) is 16.6 Å². The monoisotopic (exact) mass is 404 g/mol. The van der Waals surface area contributed by atoms with Gasteiger partial charge in [-0.05, 0) is 31.9 Å². The molecule has 2 rings (SSSR count). The summed E-state index contributed by atoms with van der Waals surface area (Å²) in [7, 11) is 1.77. The Labute approximate surface area is 169 Å². The van der Waals surface area contributed by atoms with Gasteiger partial charge in [0.25, 0.3) is 5.56 Å². The van der Waals surface area contributed by atoms with Crippen LogP contribution in [0, 0.1) is 12.8 Å². The zero-order valence-corrected chi connectivity index (χ0v) is 17.8. The number of carbonyl (C=O) groups is 2. The molecule has 0 radical (unpaired) electrons. The van der Waals surface area contributed by atoms with Crippen LogP contribution in [0.2, 0.25) is 0 Å². The SMILES string of the molecule is Cc1c(NC(=O)C(C)SCC(=O)NCC(C)C)c(=O)n(-c2ccccc2)n1C. The minimum Gasteiger partial charge on any atom is -0.355 e. The van der Waals surface area contributed by atoms with E-state index in [1.54, 1.807) is 25.6 Å². The molecule has 0 bridgehead atoms. The van der Waals surface area contributed by atoms with Crippen molar-refractivity contribution in [3.63, 3.8) is 0 Å². The second kappa shape index (κ2) is 9.64. The number of carbonyl (C=O) groups excluding carboxylic acids is 2. The third kappa shape index (κ3) is 5.28. The van der Waals surface area contributed by atoms with Gasteiger partial charge in [0.05, 0.1) is 22.4 Å². The molecule has 1 aromatic carbocycles. The molecule has 0 saturated carbocycles. The highest BCUT2D eigenvalue weighted by molar-refractivity contribution is 8.01. The fourth-order valence-corrected chi connectivity index (χ4v) is 3.30. The number of hydrogen-bond donors (Lipinski definition) is 2. The van der Waals surface area contributed by atoms with Crippen molar-refractivity contribution < 1.29 is 9.59 Å². The van der Waals surface area contributed by atoms with Crippen LogP contribution >= 0.6 is 11.8 Å². The quantitative estimate of drug-likeness (QED) is 0.707. The zero-order valence-electron chi connectivity index (χ0n) is 17.0. The van der Waals surface area contributed by atoms with Crippen LogP contribution in [0.5, 0.6) is 0 Å². The minimum absolute atomic E-state index is 0.0966. The zero-order chi connectivity index (χ0) is 20.8. The van der Waals surface area contributed by atoms with Crippen molar-refractivity contribution in [3.05, 3.63) is 46.4 Å². The second-order valence-electron chi connectivity index (χ2n) is 7.08. The van der Waals surface area contributed by atoms with E-state index in [9.17, 15) is 14.4 Å². The first-order valence-electron chi connectivity index (χ1n) is 9.25. The van der Waals surface area contributed by atoms with Crippen LogP contribution in [-0.4, -0.2) is 38.7 Å². The van der Waals surface area contributed by atoms with Crippen LogP contribution in [0.1, 0.15) is 26.5 Å². The number of aromatic nitrogens is 2. The molecule has 0 aliphatic rings. The summed E-state index contributed by atoms with van der Waals surface area (Å²) in [5, 5.41) is 5.10. The molecular formula is C20H28N4O3S. The minimum atomic E-state index is -0.464. The maximum absolute atomic E-state index is 12.8. The summed E-state index contributed by atoms with van der Waals surface area (Å²) in [6.07, 6.45) is 0. The Morgan fingerprint density at radius 2 is 1.79 bits per heavy atom. The van der Waals surface area contributed by atoms with E-state index in [-0.39, 0.29) is 28.8 Å². The van der Waals surface area contributed by atoms with Crippen molar-refractivity contribution in [2.45, 2.75) is 32.9 Å². The van der Waals surface area contributed by atoms with E-state index in [2.05, 4.69) is 10.6 Å². The predicted molar refractivity (Wildman–Crippen MR) is 114 cm³/mol. The third-order valence-electron chi connectivity index (χ3n) is 4.34. The standard InChI is InChI=1S/C20H28N4O3S/c1-13(2)11-21-17(25)12-28-15(4)19(26)22-18-14(3)23(5)24(20(18)27)16-9-7-6-8-10-16/h6-10,13,15H,11-12H2,1-5H3,(H,21,25)(H,22,26). The molecule has 8 heteroatoms. The normalized spacial score (nSPS) is 12.1. The van der Waals surface area contributed by atoms with Crippen LogP contribution in [0.15, 0.2) is 35.1 Å². The lowest BCUT2D eigenvalue weighted by Crippen LogP contribution is -2.31. The molecule has 0 saturated heterocycles. The number of nitrogens with zero attached hydrogens (tertiary/aromatic N) is 2. The van der Waals surface area contributed by atoms with E-state index in [1.165, 1.54) is 16.4 Å². The van der Waals surface area contributed by atoms with Gasteiger partial charge in [-0.2, -0.15) is 0 Å². The summed E-state index contributed by atoms with van der Waals surface area (Å²) < 4.78 is 3.23. The van der Waals surface area contributed by atoms with Crippen molar-refractivity contribution in [2.24, 2.45) is 13.0 Å². The summed E-state index contributed by atoms with van der Waals surface area (Å²) in [5.74, 6) is 0.180. The summed E-state index contributed by atoms with van der Waals surface area (Å²) in [4.78, 5) is 37.2. The molecule has 0 aliphatic heterocycles. The number of thioether (sulfide) groups is 1. The molecule has 0 fully saturated rings. The summed E-state index contributed by atoms with van der Waals surface area (Å²) in [6, 6.07) is 9.25. The number of benzene rings is 1. The molecular weight excluding hydrogens is 376 g/mol. The molecule has 1 atom stereocenters. The van der Waals surface area contributed by atoms with Crippen LogP contribution in [0.4, 0.5) is 5.69 Å². The molecule has 0 spiro atoms. The summed E-state index contributed by atoms with van der Waals surface area (Å²) in [6.45, 7) is 8.17. The first-order valence-corrected chi connectivity index (χ1v) is 10.3. The number of nitrogens with one attached hydrogen (secondary N) is 2. The van der Waals surface area contributed by atoms with Gasteiger partial charge in [0, 0.05) is 13.6 Å². The highest BCUT2D eigenvalue weighted by Crippen LogP contribution is 2.17. The van der Waals surface area contributed by atoms with Gasteiger partial charge in [0.1, 0.15) is 5.69 Å². The lowest BCUT2D eigenvalue weighted by atomic mass is 10.2. The maximum Gasteiger partial charge on any atom is 0.295 e. The van der Waals surface area contributed by atoms with E-state index in [0.29, 0.717) is 18.2 Å². The molecule has 1 unspecified atom stereocenters. The van der Waals surface area contributed by atoms with Gasteiger partial charge in [0.15, 0.2) is 0 Å². The largest absolute Gasteiger partial charge is 0.355 e. The van der Waals surface area contributed by atoms with E-state index in [1.807, 2.05) is 44.2 Å². The number of anilines is 1. The molecule has 1 aromatic heterocycles. The molecule has 2 amide bonds. The lowest BCUT2D eigenvalue weighted by molar-refractivity contribution is -0.118. The molecule has 2 N–H and O–H groups in total. The molecule has 28 heavy (non-hydrogen) atoms. The molecule has 2 aromatic rings. The highest BCUT2D eigenvalue weighted by Gasteiger charge is 2.21. The van der Waals surface area contributed by atoms with E-state index >= 15 is 0 Å². The van der Waals surface area contributed by atoms with Crippen LogP contribution in [0.3, 0.4) is 0 Å². The second-order valence-corrected chi connectivity index (χ2v) is 8.41. The number of rotatable bonds is 8. The van der Waals surface area contributed by atoms with Gasteiger partial charge in [-0.3, -0.25) is 19.1 Å². The van der Waals surface area contributed by atoms with Crippen molar-refractivity contribution in [1.29, 1.82) is 0 Å². The topological polar surface area (TPSA) is 85.1 Å². The Morgan fingerprint density at radius 1 is 1.14 bits per heavy atom. The Morgan fingerprint density at radius 3 is 2.39 bits per heavy atom. The van der Waals surface area contributed by atoms with Crippen molar-refractivity contribution in [3.8, 4) is 5.69 Å². The van der Waals surface area contributed by atoms with Crippen LogP contribution < -0.4 is 16.2 Å². The van der Waals surface area contributed by atoms with Gasteiger partial charge in [-0.1, -0.05) is 32.0 Å². The predicted octanol–water partition coefficient (Wildman–Crippen LogP) is 2.32. The van der Waals surface area contributed by atoms with Gasteiger partial charge < -0.3 is 10.6 Å². The molecule has 1 heterocycles. The van der Waals surface area contributed by atoms with Crippen molar-refractivity contribution in [1.82, 2.24) is 14.7 Å². The lowest BCUT2D eigenvalue weighted by Gasteiger charge is -2.12. The number of amides is 2. The van der Waals surface area contributed by atoms with Gasteiger partial charge in [-0.15, -0.1) is 11.8 Å². The fourth-order valence-electron chi connectivity index (χ4n) is 2.58. The number of hydrogen-bond acceptors (Lipinski definition) is 4. The Hall–Kier alpha value is -2.48. The van der Waals surface area contributed by atoms with Gasteiger partial charge in [0.2, 0.25) is 11.8 Å². The fraction of sp³-hybridized carbons (Fsp3) is 0.450. The Bertz CT molecular complexity index is 887. The van der Waals surface area contributed by atoms with Crippen molar-refractivity contribution in [2.75, 3.05) is 17.6 Å². The van der Waals surface area contributed by atoms with E-state index < -0.39 is 5.25 Å². The summed E-state index contributed by atoms with van der Waals surface area (Å²) >= 11 is 1.24. The average molecular weight is 405 g/mol. The Kier molecular flexibility index (Phi) is 7.51. The molecule has 152 valence electrons. The number of para-hydroxylation sites is 1. The van der Waals surface area contributed by atoms with E-state index in [4.69, 9.17) is 0 Å². The van der Waals surface area contributed by atoms with Crippen LogP contribution in [0.25, 0.3) is 5.69 Å². The van der Waals surface area contributed by atoms with Crippen molar-refractivity contribution >= 4 is 29.3 Å². The highest BCUT2D eigenvalue weighted by atomic mass is 32.2. The summed E-state index contributed by atoms with van der Waals surface area (Å²) in [5.41, 5.74) is 1.36. The molecule has 0 aliphatic carbocycles. The Balaban J connectivity index is 2.06. The van der Waals surface area contributed by atoms with Gasteiger partial charge in [-0.25, -0.2) is 4.68 Å².